The van der Waals surface area contributed by atoms with Gasteiger partial charge in [0.15, 0.2) is 0 Å². The summed E-state index contributed by atoms with van der Waals surface area (Å²) in [5.74, 6) is 0.0179. The zero-order valence-corrected chi connectivity index (χ0v) is 11.6. The Morgan fingerprint density at radius 2 is 2.05 bits per heavy atom. The van der Waals surface area contributed by atoms with Gasteiger partial charge in [-0.2, -0.15) is 0 Å². The summed E-state index contributed by atoms with van der Waals surface area (Å²) >= 11 is 0. The first-order valence-electron chi connectivity index (χ1n) is 6.74. The highest BCUT2D eigenvalue weighted by Gasteiger charge is 2.40. The number of nitrogens with zero attached hydrogens (tertiary/aromatic N) is 1. The summed E-state index contributed by atoms with van der Waals surface area (Å²) in [6.45, 7) is 5.64. The molecule has 1 atom stereocenters. The topological polar surface area (TPSA) is 52.6 Å². The second-order valence-electron chi connectivity index (χ2n) is 5.67. The Kier molecular flexibility index (Phi) is 4.22. The summed E-state index contributed by atoms with van der Waals surface area (Å²) in [7, 11) is 0. The largest absolute Gasteiger partial charge is 0.396 e. The van der Waals surface area contributed by atoms with Crippen LogP contribution in [0.1, 0.15) is 25.8 Å². The number of rotatable bonds is 4. The predicted molar refractivity (Wildman–Crippen MR) is 74.6 cm³/mol. The van der Waals surface area contributed by atoms with Crippen molar-refractivity contribution in [2.45, 2.75) is 38.4 Å². The standard InChI is InChI=1S/C15H22N2O2/c1-15(2)11-16-14(19)13(8-9-18)17(15)10-12-6-4-3-5-7-12/h3-7,13,18H,8-11H2,1-2H3,(H,16,19). The predicted octanol–water partition coefficient (Wildman–Crippen LogP) is 1.15. The summed E-state index contributed by atoms with van der Waals surface area (Å²) < 4.78 is 0. The molecule has 1 aliphatic rings. The Labute approximate surface area is 114 Å². The number of aliphatic hydroxyl groups excluding tert-OH is 1. The van der Waals surface area contributed by atoms with Crippen molar-refractivity contribution < 1.29 is 9.90 Å². The fourth-order valence-electron chi connectivity index (χ4n) is 2.60. The Morgan fingerprint density at radius 3 is 2.68 bits per heavy atom. The Bertz CT molecular complexity index is 431. The van der Waals surface area contributed by atoms with E-state index in [-0.39, 0.29) is 24.1 Å². The zero-order valence-electron chi connectivity index (χ0n) is 11.6. The number of amides is 1. The van der Waals surface area contributed by atoms with Crippen molar-refractivity contribution in [3.8, 4) is 0 Å². The second-order valence-corrected chi connectivity index (χ2v) is 5.67. The summed E-state index contributed by atoms with van der Waals surface area (Å²) in [5.41, 5.74) is 1.08. The van der Waals surface area contributed by atoms with Crippen LogP contribution in [0.15, 0.2) is 30.3 Å². The molecule has 2 rings (SSSR count). The summed E-state index contributed by atoms with van der Waals surface area (Å²) in [6, 6.07) is 9.88. The molecule has 1 fully saturated rings. The maximum Gasteiger partial charge on any atom is 0.237 e. The molecule has 4 heteroatoms. The lowest BCUT2D eigenvalue weighted by Gasteiger charge is -2.47. The van der Waals surface area contributed by atoms with Gasteiger partial charge in [-0.15, -0.1) is 0 Å². The molecule has 2 N–H and O–H groups in total. The van der Waals surface area contributed by atoms with E-state index in [1.54, 1.807) is 0 Å². The van der Waals surface area contributed by atoms with E-state index < -0.39 is 0 Å². The number of piperazine rings is 1. The van der Waals surface area contributed by atoms with Crippen molar-refractivity contribution >= 4 is 5.91 Å². The smallest absolute Gasteiger partial charge is 0.237 e. The number of benzene rings is 1. The van der Waals surface area contributed by atoms with Crippen molar-refractivity contribution in [2.24, 2.45) is 0 Å². The van der Waals surface area contributed by atoms with E-state index >= 15 is 0 Å². The molecule has 104 valence electrons. The lowest BCUT2D eigenvalue weighted by atomic mass is 9.93. The molecular weight excluding hydrogens is 240 g/mol. The number of hydrogen-bond acceptors (Lipinski definition) is 3. The summed E-state index contributed by atoms with van der Waals surface area (Å²) in [4.78, 5) is 14.2. The van der Waals surface area contributed by atoms with E-state index in [4.69, 9.17) is 0 Å². The van der Waals surface area contributed by atoms with Crippen LogP contribution in [-0.4, -0.2) is 40.6 Å². The molecule has 1 saturated heterocycles. The Morgan fingerprint density at radius 1 is 1.37 bits per heavy atom. The highest BCUT2D eigenvalue weighted by Crippen LogP contribution is 2.25. The molecule has 0 aromatic heterocycles. The molecule has 19 heavy (non-hydrogen) atoms. The van der Waals surface area contributed by atoms with Crippen LogP contribution in [0.5, 0.6) is 0 Å². The highest BCUT2D eigenvalue weighted by molar-refractivity contribution is 5.82. The molecule has 1 unspecified atom stereocenters. The van der Waals surface area contributed by atoms with Gasteiger partial charge in [0.05, 0.1) is 6.04 Å². The van der Waals surface area contributed by atoms with E-state index in [0.717, 1.165) is 6.54 Å². The van der Waals surface area contributed by atoms with E-state index in [0.29, 0.717) is 13.0 Å². The highest BCUT2D eigenvalue weighted by atomic mass is 16.3. The maximum absolute atomic E-state index is 12.0. The number of carbonyl (C=O) groups excluding carboxylic acids is 1. The zero-order chi connectivity index (χ0) is 13.9. The number of aliphatic hydroxyl groups is 1. The van der Waals surface area contributed by atoms with Crippen LogP contribution in [0, 0.1) is 0 Å². The number of carbonyl (C=O) groups is 1. The molecule has 0 radical (unpaired) electrons. The van der Waals surface area contributed by atoms with Gasteiger partial charge in [0.1, 0.15) is 0 Å². The minimum absolute atomic E-state index is 0.0179. The second kappa shape index (κ2) is 5.72. The monoisotopic (exact) mass is 262 g/mol. The Hall–Kier alpha value is -1.39. The van der Waals surface area contributed by atoms with Crippen molar-refractivity contribution in [3.05, 3.63) is 35.9 Å². The molecule has 0 saturated carbocycles. The third kappa shape index (κ3) is 3.14. The molecule has 0 bridgehead atoms. The van der Waals surface area contributed by atoms with Crippen LogP contribution in [0.3, 0.4) is 0 Å². The van der Waals surface area contributed by atoms with Gasteiger partial charge in [0.25, 0.3) is 0 Å². The van der Waals surface area contributed by atoms with E-state index in [1.807, 2.05) is 18.2 Å². The van der Waals surface area contributed by atoms with Crippen molar-refractivity contribution in [1.29, 1.82) is 0 Å². The van der Waals surface area contributed by atoms with E-state index in [1.165, 1.54) is 5.56 Å². The van der Waals surface area contributed by atoms with Crippen LogP contribution in [-0.2, 0) is 11.3 Å². The van der Waals surface area contributed by atoms with Crippen LogP contribution in [0.2, 0.25) is 0 Å². The summed E-state index contributed by atoms with van der Waals surface area (Å²) in [6.07, 6.45) is 0.474. The fourth-order valence-corrected chi connectivity index (χ4v) is 2.60. The van der Waals surface area contributed by atoms with Gasteiger partial charge in [0, 0.05) is 25.2 Å². The lowest BCUT2D eigenvalue weighted by molar-refractivity contribution is -0.135. The molecule has 0 aliphatic carbocycles. The number of hydrogen-bond donors (Lipinski definition) is 2. The van der Waals surface area contributed by atoms with Gasteiger partial charge in [-0.1, -0.05) is 30.3 Å². The minimum atomic E-state index is -0.256. The molecule has 1 aliphatic heterocycles. The average molecular weight is 262 g/mol. The SMILES string of the molecule is CC1(C)CNC(=O)C(CCO)N1Cc1ccccc1. The first kappa shape index (κ1) is 14.0. The van der Waals surface area contributed by atoms with Crippen molar-refractivity contribution in [3.63, 3.8) is 0 Å². The average Bonchev–Trinajstić information content (AvgIpc) is 2.40. The van der Waals surface area contributed by atoms with Crippen LogP contribution < -0.4 is 5.32 Å². The van der Waals surface area contributed by atoms with Crippen molar-refractivity contribution in [2.75, 3.05) is 13.2 Å². The molecule has 0 spiro atoms. The third-order valence-electron chi connectivity index (χ3n) is 3.75. The van der Waals surface area contributed by atoms with Crippen LogP contribution in [0.4, 0.5) is 0 Å². The first-order valence-corrected chi connectivity index (χ1v) is 6.74. The maximum atomic E-state index is 12.0. The molecule has 1 heterocycles. The van der Waals surface area contributed by atoms with E-state index in [9.17, 15) is 9.90 Å². The fraction of sp³-hybridized carbons (Fsp3) is 0.533. The molecule has 1 aromatic carbocycles. The van der Waals surface area contributed by atoms with Gasteiger partial charge in [-0.25, -0.2) is 0 Å². The quantitative estimate of drug-likeness (QED) is 0.856. The Balaban J connectivity index is 2.22. The van der Waals surface area contributed by atoms with Crippen LogP contribution in [0.25, 0.3) is 0 Å². The minimum Gasteiger partial charge on any atom is -0.396 e. The van der Waals surface area contributed by atoms with Crippen LogP contribution >= 0.6 is 0 Å². The summed E-state index contributed by atoms with van der Waals surface area (Å²) in [5, 5.41) is 12.1. The molecule has 4 nitrogen and oxygen atoms in total. The normalized spacial score (nSPS) is 23.1. The lowest BCUT2D eigenvalue weighted by Crippen LogP contribution is -2.65. The van der Waals surface area contributed by atoms with Gasteiger partial charge < -0.3 is 10.4 Å². The first-order chi connectivity index (χ1) is 9.04. The van der Waals surface area contributed by atoms with Gasteiger partial charge in [-0.3, -0.25) is 9.69 Å². The molecular formula is C15H22N2O2. The van der Waals surface area contributed by atoms with Gasteiger partial charge in [0.2, 0.25) is 5.91 Å². The molecule has 1 aromatic rings. The van der Waals surface area contributed by atoms with Gasteiger partial charge >= 0.3 is 0 Å². The third-order valence-corrected chi connectivity index (χ3v) is 3.75. The van der Waals surface area contributed by atoms with Gasteiger partial charge in [-0.05, 0) is 25.8 Å². The van der Waals surface area contributed by atoms with Crippen molar-refractivity contribution in [1.82, 2.24) is 10.2 Å². The number of nitrogens with one attached hydrogen (secondary N) is 1. The van der Waals surface area contributed by atoms with E-state index in [2.05, 4.69) is 36.2 Å². The molecule has 1 amide bonds.